The van der Waals surface area contributed by atoms with Crippen LogP contribution in [-0.2, 0) is 9.84 Å². The zero-order chi connectivity index (χ0) is 13.2. The number of ketones is 1. The fourth-order valence-corrected chi connectivity index (χ4v) is 3.42. The second-order valence-electron chi connectivity index (χ2n) is 4.58. The molecule has 1 aromatic rings. The first-order valence-corrected chi connectivity index (χ1v) is 7.68. The molecular weight excluding hydrogens is 252 g/mol. The summed E-state index contributed by atoms with van der Waals surface area (Å²) in [4.78, 5) is 16.0. The summed E-state index contributed by atoms with van der Waals surface area (Å²) in [5.74, 6) is 0.124. The van der Waals surface area contributed by atoms with E-state index in [1.807, 2.05) is 6.92 Å². The van der Waals surface area contributed by atoms with E-state index in [0.29, 0.717) is 12.1 Å². The maximum Gasteiger partial charge on any atom is 0.166 e. The molecule has 2 heterocycles. The molecule has 1 N–H and O–H groups in total. The molecule has 0 spiro atoms. The summed E-state index contributed by atoms with van der Waals surface area (Å²) >= 11 is 0. The zero-order valence-corrected chi connectivity index (χ0v) is 11.0. The lowest BCUT2D eigenvalue weighted by Crippen LogP contribution is -2.46. The van der Waals surface area contributed by atoms with Gasteiger partial charge < -0.3 is 5.32 Å². The van der Waals surface area contributed by atoms with Crippen molar-refractivity contribution in [1.29, 1.82) is 0 Å². The second-order valence-corrected chi connectivity index (χ2v) is 6.81. The molecule has 0 radical (unpaired) electrons. The summed E-state index contributed by atoms with van der Waals surface area (Å²) in [6.45, 7) is 2.27. The Morgan fingerprint density at radius 1 is 1.50 bits per heavy atom. The van der Waals surface area contributed by atoms with E-state index < -0.39 is 9.84 Å². The monoisotopic (exact) mass is 268 g/mol. The van der Waals surface area contributed by atoms with Crippen molar-refractivity contribution in [3.63, 3.8) is 0 Å². The number of aryl methyl sites for hydroxylation is 1. The minimum Gasteiger partial charge on any atom is -0.312 e. The number of Topliss-reactive ketones (excluding diaryl/α,β-unsaturated/α-hetero) is 1. The molecule has 1 aromatic heterocycles. The van der Waals surface area contributed by atoms with Crippen molar-refractivity contribution in [2.75, 3.05) is 18.1 Å². The Bertz CT molecular complexity index is 537. The van der Waals surface area contributed by atoms with Crippen LogP contribution >= 0.6 is 0 Å². The molecule has 0 aromatic carbocycles. The van der Waals surface area contributed by atoms with Gasteiger partial charge in [0.05, 0.1) is 11.5 Å². The van der Waals surface area contributed by atoms with E-state index in [1.165, 1.54) is 6.20 Å². The van der Waals surface area contributed by atoms with Gasteiger partial charge in [0.25, 0.3) is 0 Å². The number of nitrogens with zero attached hydrogens (tertiary/aromatic N) is 1. The second kappa shape index (κ2) is 5.16. The number of hydrogen-bond acceptors (Lipinski definition) is 5. The van der Waals surface area contributed by atoms with Gasteiger partial charge in [0.15, 0.2) is 15.6 Å². The number of nitrogens with one attached hydrogen (secondary N) is 1. The number of pyridine rings is 1. The smallest absolute Gasteiger partial charge is 0.166 e. The van der Waals surface area contributed by atoms with Crippen molar-refractivity contribution in [2.24, 2.45) is 0 Å². The lowest BCUT2D eigenvalue weighted by Gasteiger charge is -2.22. The molecule has 1 aliphatic rings. The third-order valence-electron chi connectivity index (χ3n) is 2.97. The quantitative estimate of drug-likeness (QED) is 0.800. The first-order chi connectivity index (χ1) is 8.46. The van der Waals surface area contributed by atoms with Crippen molar-refractivity contribution in [2.45, 2.75) is 19.4 Å². The third-order valence-corrected chi connectivity index (χ3v) is 4.70. The molecule has 1 atom stereocenters. The van der Waals surface area contributed by atoms with Gasteiger partial charge in [0.1, 0.15) is 0 Å². The summed E-state index contributed by atoms with van der Waals surface area (Å²) in [5.41, 5.74) is 1.38. The Kier molecular flexibility index (Phi) is 3.77. The average Bonchev–Trinajstić information content (AvgIpc) is 2.28. The van der Waals surface area contributed by atoms with Crippen molar-refractivity contribution in [3.05, 3.63) is 29.6 Å². The molecule has 6 heteroatoms. The van der Waals surface area contributed by atoms with Crippen molar-refractivity contribution < 1.29 is 13.2 Å². The van der Waals surface area contributed by atoms with E-state index >= 15 is 0 Å². The third kappa shape index (κ3) is 3.36. The largest absolute Gasteiger partial charge is 0.312 e. The van der Waals surface area contributed by atoms with Crippen molar-refractivity contribution in [3.8, 4) is 0 Å². The van der Waals surface area contributed by atoms with Crippen LogP contribution in [0.1, 0.15) is 22.5 Å². The Morgan fingerprint density at radius 2 is 2.28 bits per heavy atom. The predicted molar refractivity (Wildman–Crippen MR) is 68.4 cm³/mol. The van der Waals surface area contributed by atoms with Crippen LogP contribution in [0.5, 0.6) is 0 Å². The van der Waals surface area contributed by atoms with Gasteiger partial charge in [-0.25, -0.2) is 8.42 Å². The number of rotatable bonds is 3. The zero-order valence-electron chi connectivity index (χ0n) is 10.2. The van der Waals surface area contributed by atoms with Crippen LogP contribution in [0.3, 0.4) is 0 Å². The van der Waals surface area contributed by atoms with Gasteiger partial charge in [-0.2, -0.15) is 0 Å². The number of sulfone groups is 1. The number of hydrogen-bond donors (Lipinski definition) is 1. The SMILES string of the molecule is Cc1ccc(C(=O)CC2CS(=O)(=O)CCN2)cn1. The molecule has 0 aliphatic carbocycles. The highest BCUT2D eigenvalue weighted by Crippen LogP contribution is 2.10. The van der Waals surface area contributed by atoms with E-state index in [0.717, 1.165) is 5.69 Å². The van der Waals surface area contributed by atoms with Gasteiger partial charge in [0.2, 0.25) is 0 Å². The van der Waals surface area contributed by atoms with Crippen molar-refractivity contribution in [1.82, 2.24) is 10.3 Å². The summed E-state index contributed by atoms with van der Waals surface area (Å²) < 4.78 is 22.9. The standard InChI is InChI=1S/C12H16N2O3S/c1-9-2-3-10(7-14-9)12(15)6-11-8-18(16,17)5-4-13-11/h2-3,7,11,13H,4-6,8H2,1H3. The maximum atomic E-state index is 12.0. The minimum atomic E-state index is -3.00. The normalized spacial score (nSPS) is 22.6. The van der Waals surface area contributed by atoms with Gasteiger partial charge in [-0.3, -0.25) is 9.78 Å². The molecule has 0 saturated carbocycles. The number of carbonyl (C=O) groups excluding carboxylic acids is 1. The Balaban J connectivity index is 2.01. The Labute approximate surface area is 107 Å². The van der Waals surface area contributed by atoms with Gasteiger partial charge >= 0.3 is 0 Å². The van der Waals surface area contributed by atoms with Gasteiger partial charge in [0, 0.05) is 36.5 Å². The topological polar surface area (TPSA) is 76.1 Å². The molecule has 1 unspecified atom stereocenters. The highest BCUT2D eigenvalue weighted by molar-refractivity contribution is 7.91. The maximum absolute atomic E-state index is 12.0. The van der Waals surface area contributed by atoms with E-state index in [-0.39, 0.29) is 29.8 Å². The lowest BCUT2D eigenvalue weighted by atomic mass is 10.1. The average molecular weight is 268 g/mol. The van der Waals surface area contributed by atoms with Gasteiger partial charge in [-0.1, -0.05) is 0 Å². The van der Waals surface area contributed by atoms with Gasteiger partial charge in [-0.05, 0) is 19.1 Å². The van der Waals surface area contributed by atoms with Crippen LogP contribution in [0.4, 0.5) is 0 Å². The molecule has 5 nitrogen and oxygen atoms in total. The Morgan fingerprint density at radius 3 is 2.89 bits per heavy atom. The molecule has 2 rings (SSSR count). The van der Waals surface area contributed by atoms with E-state index in [2.05, 4.69) is 10.3 Å². The fourth-order valence-electron chi connectivity index (χ4n) is 1.97. The minimum absolute atomic E-state index is 0.0397. The molecule has 1 saturated heterocycles. The summed E-state index contributed by atoms with van der Waals surface area (Å²) in [5, 5.41) is 3.07. The van der Waals surface area contributed by atoms with Crippen LogP contribution in [0.2, 0.25) is 0 Å². The molecule has 0 bridgehead atoms. The van der Waals surface area contributed by atoms with Crippen LogP contribution in [0.15, 0.2) is 18.3 Å². The van der Waals surface area contributed by atoms with Crippen LogP contribution in [-0.4, -0.2) is 43.3 Å². The van der Waals surface area contributed by atoms with Gasteiger partial charge in [-0.15, -0.1) is 0 Å². The number of carbonyl (C=O) groups is 1. The first-order valence-electron chi connectivity index (χ1n) is 5.86. The summed E-state index contributed by atoms with van der Waals surface area (Å²) in [7, 11) is -3.00. The summed E-state index contributed by atoms with van der Waals surface area (Å²) in [6.07, 6.45) is 1.74. The molecule has 98 valence electrons. The molecular formula is C12H16N2O3S. The predicted octanol–water partition coefficient (Wildman–Crippen LogP) is 0.349. The number of aromatic nitrogens is 1. The molecule has 18 heavy (non-hydrogen) atoms. The molecule has 1 aliphatic heterocycles. The van der Waals surface area contributed by atoms with Crippen LogP contribution < -0.4 is 5.32 Å². The highest BCUT2D eigenvalue weighted by Gasteiger charge is 2.26. The lowest BCUT2D eigenvalue weighted by molar-refractivity contribution is 0.0971. The first kappa shape index (κ1) is 13.2. The van der Waals surface area contributed by atoms with Crippen LogP contribution in [0, 0.1) is 6.92 Å². The van der Waals surface area contributed by atoms with E-state index in [4.69, 9.17) is 0 Å². The highest BCUT2D eigenvalue weighted by atomic mass is 32.2. The molecule has 1 fully saturated rings. The van der Waals surface area contributed by atoms with E-state index in [9.17, 15) is 13.2 Å². The van der Waals surface area contributed by atoms with E-state index in [1.54, 1.807) is 12.1 Å². The summed E-state index contributed by atoms with van der Waals surface area (Å²) in [6, 6.07) is 3.22. The van der Waals surface area contributed by atoms with Crippen molar-refractivity contribution >= 4 is 15.6 Å². The van der Waals surface area contributed by atoms with Crippen LogP contribution in [0.25, 0.3) is 0 Å². The fraction of sp³-hybridized carbons (Fsp3) is 0.500. The molecule has 0 amide bonds. The Hall–Kier alpha value is -1.27.